The summed E-state index contributed by atoms with van der Waals surface area (Å²) >= 11 is 0. The van der Waals surface area contributed by atoms with Crippen LogP contribution in [0.4, 0.5) is 13.2 Å². The number of hydrogen-bond donors (Lipinski definition) is 1. The van der Waals surface area contributed by atoms with E-state index in [0.29, 0.717) is 11.8 Å². The van der Waals surface area contributed by atoms with Crippen molar-refractivity contribution in [1.29, 1.82) is 0 Å². The fraction of sp³-hybridized carbons (Fsp3) is 0.333. The first-order valence-electron chi connectivity index (χ1n) is 6.54. The molecule has 0 bridgehead atoms. The minimum atomic E-state index is -1.23. The van der Waals surface area contributed by atoms with Gasteiger partial charge in [-0.3, -0.25) is 0 Å². The molecule has 1 unspecified atom stereocenters. The van der Waals surface area contributed by atoms with Gasteiger partial charge in [-0.05, 0) is 31.2 Å². The van der Waals surface area contributed by atoms with Crippen molar-refractivity contribution < 1.29 is 17.6 Å². The molecule has 0 spiro atoms. The second-order valence-corrected chi connectivity index (χ2v) is 4.47. The average Bonchev–Trinajstić information content (AvgIpc) is 2.89. The van der Waals surface area contributed by atoms with E-state index in [4.69, 9.17) is 4.42 Å². The lowest BCUT2D eigenvalue weighted by atomic mass is 10.1. The highest BCUT2D eigenvalue weighted by atomic mass is 19.2. The van der Waals surface area contributed by atoms with E-state index in [2.05, 4.69) is 5.32 Å². The third-order valence-corrected chi connectivity index (χ3v) is 3.09. The van der Waals surface area contributed by atoms with Gasteiger partial charge in [0.15, 0.2) is 11.6 Å². The predicted octanol–water partition coefficient (Wildman–Crippen LogP) is 4.42. The molecule has 2 nitrogen and oxygen atoms in total. The zero-order valence-electron chi connectivity index (χ0n) is 11.3. The molecular formula is C15H16F3NO. The molecule has 0 saturated heterocycles. The molecule has 1 aromatic heterocycles. The molecule has 20 heavy (non-hydrogen) atoms. The zero-order chi connectivity index (χ0) is 14.7. The molecule has 2 aromatic rings. The van der Waals surface area contributed by atoms with Crippen molar-refractivity contribution in [2.75, 3.05) is 6.54 Å². The smallest absolute Gasteiger partial charge is 0.169 e. The third kappa shape index (κ3) is 2.88. The van der Waals surface area contributed by atoms with E-state index in [9.17, 15) is 13.2 Å². The molecule has 0 fully saturated rings. The van der Waals surface area contributed by atoms with Gasteiger partial charge in [-0.25, -0.2) is 13.2 Å². The standard InChI is InChI=1S/C15H16F3NO/c1-3-12(19-4-2)14-6-5-13(20-14)10-7-9(16)8-11(17)15(10)18/h5-8,12,19H,3-4H2,1-2H3. The maximum atomic E-state index is 13.7. The molecule has 108 valence electrons. The Morgan fingerprint density at radius 2 is 1.90 bits per heavy atom. The van der Waals surface area contributed by atoms with Gasteiger partial charge in [-0.1, -0.05) is 13.8 Å². The van der Waals surface area contributed by atoms with Crippen molar-refractivity contribution >= 4 is 0 Å². The van der Waals surface area contributed by atoms with E-state index in [-0.39, 0.29) is 17.4 Å². The van der Waals surface area contributed by atoms with Gasteiger partial charge in [0, 0.05) is 6.07 Å². The van der Waals surface area contributed by atoms with Crippen molar-refractivity contribution in [3.63, 3.8) is 0 Å². The summed E-state index contributed by atoms with van der Waals surface area (Å²) in [4.78, 5) is 0. The molecule has 0 aliphatic heterocycles. The van der Waals surface area contributed by atoms with Gasteiger partial charge in [-0.2, -0.15) is 0 Å². The van der Waals surface area contributed by atoms with Crippen LogP contribution in [0.1, 0.15) is 32.1 Å². The molecule has 0 aliphatic carbocycles. The van der Waals surface area contributed by atoms with Crippen LogP contribution < -0.4 is 5.32 Å². The van der Waals surface area contributed by atoms with Gasteiger partial charge in [0.2, 0.25) is 0 Å². The summed E-state index contributed by atoms with van der Waals surface area (Å²) in [7, 11) is 0. The van der Waals surface area contributed by atoms with Gasteiger partial charge in [0.05, 0.1) is 11.6 Å². The first-order valence-corrected chi connectivity index (χ1v) is 6.54. The summed E-state index contributed by atoms with van der Waals surface area (Å²) in [6.45, 7) is 4.71. The van der Waals surface area contributed by atoms with Crippen molar-refractivity contribution in [2.24, 2.45) is 0 Å². The minimum Gasteiger partial charge on any atom is -0.459 e. The summed E-state index contributed by atoms with van der Waals surface area (Å²) < 4.78 is 45.6. The number of halogens is 3. The Balaban J connectivity index is 2.38. The fourth-order valence-electron chi connectivity index (χ4n) is 2.11. The van der Waals surface area contributed by atoms with E-state index in [1.165, 1.54) is 6.07 Å². The molecular weight excluding hydrogens is 267 g/mol. The molecule has 2 rings (SSSR count). The van der Waals surface area contributed by atoms with Crippen LogP contribution in [-0.4, -0.2) is 6.54 Å². The Kier molecular flexibility index (Phi) is 4.49. The second kappa shape index (κ2) is 6.13. The molecule has 0 amide bonds. The Morgan fingerprint density at radius 3 is 2.55 bits per heavy atom. The van der Waals surface area contributed by atoms with Gasteiger partial charge in [0.1, 0.15) is 17.3 Å². The molecule has 0 aliphatic rings. The summed E-state index contributed by atoms with van der Waals surface area (Å²) in [6.07, 6.45) is 0.792. The molecule has 0 saturated carbocycles. The molecule has 1 heterocycles. The second-order valence-electron chi connectivity index (χ2n) is 4.47. The van der Waals surface area contributed by atoms with Crippen molar-refractivity contribution in [3.05, 3.63) is 47.5 Å². The van der Waals surface area contributed by atoms with E-state index in [0.717, 1.165) is 19.0 Å². The minimum absolute atomic E-state index is 0.00443. The van der Waals surface area contributed by atoms with E-state index in [1.807, 2.05) is 13.8 Å². The fourth-order valence-corrected chi connectivity index (χ4v) is 2.11. The molecule has 1 aromatic carbocycles. The summed E-state index contributed by atoms with van der Waals surface area (Å²) in [5.41, 5.74) is -0.208. The highest BCUT2D eigenvalue weighted by Gasteiger charge is 2.18. The van der Waals surface area contributed by atoms with Crippen LogP contribution in [-0.2, 0) is 0 Å². The lowest BCUT2D eigenvalue weighted by molar-refractivity contribution is 0.414. The number of benzene rings is 1. The van der Waals surface area contributed by atoms with Crippen LogP contribution >= 0.6 is 0 Å². The summed E-state index contributed by atoms with van der Waals surface area (Å²) in [5.74, 6) is -2.43. The van der Waals surface area contributed by atoms with Gasteiger partial charge >= 0.3 is 0 Å². The number of hydrogen-bond acceptors (Lipinski definition) is 2. The molecule has 5 heteroatoms. The highest BCUT2D eigenvalue weighted by molar-refractivity contribution is 5.58. The Labute approximate surface area is 115 Å². The monoisotopic (exact) mass is 283 g/mol. The zero-order valence-corrected chi connectivity index (χ0v) is 11.3. The van der Waals surface area contributed by atoms with Crippen LogP contribution in [0.5, 0.6) is 0 Å². The van der Waals surface area contributed by atoms with Crippen molar-refractivity contribution in [2.45, 2.75) is 26.3 Å². The van der Waals surface area contributed by atoms with Crippen LogP contribution in [0, 0.1) is 17.5 Å². The Bertz CT molecular complexity index is 595. The summed E-state index contributed by atoms with van der Waals surface area (Å²) in [5, 5.41) is 3.22. The maximum Gasteiger partial charge on any atom is 0.169 e. The van der Waals surface area contributed by atoms with E-state index < -0.39 is 17.5 Å². The Morgan fingerprint density at radius 1 is 1.15 bits per heavy atom. The van der Waals surface area contributed by atoms with Crippen LogP contribution in [0.25, 0.3) is 11.3 Å². The third-order valence-electron chi connectivity index (χ3n) is 3.09. The van der Waals surface area contributed by atoms with Gasteiger partial charge in [-0.15, -0.1) is 0 Å². The van der Waals surface area contributed by atoms with Crippen molar-refractivity contribution in [3.8, 4) is 11.3 Å². The normalized spacial score (nSPS) is 12.7. The lowest BCUT2D eigenvalue weighted by Gasteiger charge is -2.12. The summed E-state index contributed by atoms with van der Waals surface area (Å²) in [6, 6.07) is 4.64. The van der Waals surface area contributed by atoms with Gasteiger partial charge < -0.3 is 9.73 Å². The molecule has 1 N–H and O–H groups in total. The topological polar surface area (TPSA) is 25.2 Å². The first-order chi connectivity index (χ1) is 9.56. The number of nitrogens with one attached hydrogen (secondary N) is 1. The predicted molar refractivity (Wildman–Crippen MR) is 70.7 cm³/mol. The van der Waals surface area contributed by atoms with Gasteiger partial charge in [0.25, 0.3) is 0 Å². The highest BCUT2D eigenvalue weighted by Crippen LogP contribution is 2.30. The van der Waals surface area contributed by atoms with Crippen LogP contribution in [0.15, 0.2) is 28.7 Å². The maximum absolute atomic E-state index is 13.7. The SMILES string of the molecule is CCNC(CC)c1ccc(-c2cc(F)cc(F)c2F)o1. The largest absolute Gasteiger partial charge is 0.459 e. The van der Waals surface area contributed by atoms with E-state index in [1.54, 1.807) is 6.07 Å². The lowest BCUT2D eigenvalue weighted by Crippen LogP contribution is -2.19. The quantitative estimate of drug-likeness (QED) is 0.821. The Hall–Kier alpha value is -1.75. The van der Waals surface area contributed by atoms with Crippen LogP contribution in [0.2, 0.25) is 0 Å². The molecule has 1 atom stereocenters. The van der Waals surface area contributed by atoms with Crippen LogP contribution in [0.3, 0.4) is 0 Å². The van der Waals surface area contributed by atoms with Crippen molar-refractivity contribution in [1.82, 2.24) is 5.32 Å². The average molecular weight is 283 g/mol. The molecule has 0 radical (unpaired) electrons. The first kappa shape index (κ1) is 14.7. The van der Waals surface area contributed by atoms with E-state index >= 15 is 0 Å². The number of rotatable bonds is 5. The number of furan rings is 1.